The first-order valence-corrected chi connectivity index (χ1v) is 7.40. The van der Waals surface area contributed by atoms with E-state index in [1.165, 1.54) is 4.90 Å². The van der Waals surface area contributed by atoms with Gasteiger partial charge >= 0.3 is 0 Å². The van der Waals surface area contributed by atoms with Crippen LogP contribution in [0, 0.1) is 0 Å². The molecule has 1 aromatic rings. The van der Waals surface area contributed by atoms with E-state index < -0.39 is 11.7 Å². The zero-order chi connectivity index (χ0) is 15.1. The number of nitrogens with zero attached hydrogens (tertiary/aromatic N) is 3. The number of hydrogen-bond donors (Lipinski definition) is 0. The van der Waals surface area contributed by atoms with E-state index in [1.807, 2.05) is 12.1 Å². The third kappa shape index (κ3) is 2.31. The van der Waals surface area contributed by atoms with Gasteiger partial charge in [0, 0.05) is 31.9 Å². The number of fused-ring (bicyclic) bond motifs is 1. The number of carbonyl (C=O) groups excluding carboxylic acids is 2. The van der Waals surface area contributed by atoms with Gasteiger partial charge in [-0.15, -0.1) is 0 Å². The van der Waals surface area contributed by atoms with Gasteiger partial charge in [0.15, 0.2) is 0 Å². The average molecular weight is 287 g/mol. The molecule has 0 bridgehead atoms. The van der Waals surface area contributed by atoms with Gasteiger partial charge < -0.3 is 14.7 Å². The molecule has 1 amide bonds. The topological polar surface area (TPSA) is 43.9 Å². The van der Waals surface area contributed by atoms with Crippen molar-refractivity contribution in [2.24, 2.45) is 0 Å². The summed E-state index contributed by atoms with van der Waals surface area (Å²) in [4.78, 5) is 29.8. The molecule has 0 saturated carbocycles. The molecular weight excluding hydrogens is 266 g/mol. The van der Waals surface area contributed by atoms with Gasteiger partial charge in [0.2, 0.25) is 0 Å². The smallest absolute Gasteiger partial charge is 0.299 e. The number of hydrogen-bond acceptors (Lipinski definition) is 4. The fourth-order valence-corrected chi connectivity index (χ4v) is 3.30. The first-order chi connectivity index (χ1) is 9.99. The molecule has 0 N–H and O–H groups in total. The van der Waals surface area contributed by atoms with Crippen LogP contribution in [-0.2, 0) is 4.79 Å². The molecule has 21 heavy (non-hydrogen) atoms. The molecule has 2 aliphatic heterocycles. The summed E-state index contributed by atoms with van der Waals surface area (Å²) in [6.45, 7) is 5.33. The molecule has 2 heterocycles. The lowest BCUT2D eigenvalue weighted by Gasteiger charge is -2.30. The Hall–Kier alpha value is -1.88. The lowest BCUT2D eigenvalue weighted by Crippen LogP contribution is -2.38. The number of carbonyl (C=O) groups is 2. The summed E-state index contributed by atoms with van der Waals surface area (Å²) >= 11 is 0. The minimum atomic E-state index is -0.439. The van der Waals surface area contributed by atoms with Crippen molar-refractivity contribution in [2.75, 3.05) is 43.5 Å². The Kier molecular flexibility index (Phi) is 3.45. The second-order valence-corrected chi connectivity index (χ2v) is 6.05. The van der Waals surface area contributed by atoms with Crippen molar-refractivity contribution < 1.29 is 9.59 Å². The molecule has 5 nitrogen and oxygen atoms in total. The van der Waals surface area contributed by atoms with Crippen LogP contribution >= 0.6 is 0 Å². The number of benzene rings is 1. The molecule has 0 aliphatic carbocycles. The van der Waals surface area contributed by atoms with Gasteiger partial charge in [0.25, 0.3) is 11.7 Å². The molecule has 1 unspecified atom stereocenters. The molecule has 1 aromatic carbocycles. The molecule has 1 fully saturated rings. The van der Waals surface area contributed by atoms with Crippen LogP contribution in [0.1, 0.15) is 23.7 Å². The van der Waals surface area contributed by atoms with E-state index in [4.69, 9.17) is 0 Å². The second-order valence-electron chi connectivity index (χ2n) is 6.05. The van der Waals surface area contributed by atoms with Gasteiger partial charge in [0.1, 0.15) is 0 Å². The number of ketones is 1. The van der Waals surface area contributed by atoms with E-state index in [0.717, 1.165) is 37.4 Å². The highest BCUT2D eigenvalue weighted by atomic mass is 16.2. The van der Waals surface area contributed by atoms with E-state index in [9.17, 15) is 9.59 Å². The maximum Gasteiger partial charge on any atom is 0.299 e. The summed E-state index contributed by atoms with van der Waals surface area (Å²) in [6.07, 6.45) is 1.12. The number of rotatable bonds is 1. The third-order valence-corrected chi connectivity index (χ3v) is 4.46. The van der Waals surface area contributed by atoms with Crippen LogP contribution in [0.15, 0.2) is 18.2 Å². The Morgan fingerprint density at radius 3 is 2.67 bits per heavy atom. The van der Waals surface area contributed by atoms with Crippen LogP contribution in [0.3, 0.4) is 0 Å². The molecule has 0 aromatic heterocycles. The SMILES string of the molecule is CC1CN(C)CCCN1c1ccc2c(c1)N(C)C(=O)C2=O. The van der Waals surface area contributed by atoms with Gasteiger partial charge in [0.05, 0.1) is 11.3 Å². The van der Waals surface area contributed by atoms with Gasteiger partial charge in [-0.3, -0.25) is 9.59 Å². The molecule has 0 spiro atoms. The maximum absolute atomic E-state index is 11.8. The normalized spacial score (nSPS) is 23.5. The van der Waals surface area contributed by atoms with E-state index >= 15 is 0 Å². The Labute approximate surface area is 125 Å². The van der Waals surface area contributed by atoms with Crippen molar-refractivity contribution in [1.82, 2.24) is 4.90 Å². The molecule has 3 rings (SSSR count). The van der Waals surface area contributed by atoms with Crippen molar-refractivity contribution >= 4 is 23.1 Å². The fourth-order valence-electron chi connectivity index (χ4n) is 3.30. The van der Waals surface area contributed by atoms with Crippen molar-refractivity contribution in [2.45, 2.75) is 19.4 Å². The molecule has 1 saturated heterocycles. The van der Waals surface area contributed by atoms with Gasteiger partial charge in [-0.1, -0.05) is 0 Å². The lowest BCUT2D eigenvalue weighted by atomic mass is 10.1. The van der Waals surface area contributed by atoms with Crippen LogP contribution in [0.4, 0.5) is 11.4 Å². The highest BCUT2D eigenvalue weighted by Crippen LogP contribution is 2.33. The van der Waals surface area contributed by atoms with E-state index in [-0.39, 0.29) is 0 Å². The Bertz CT molecular complexity index is 599. The monoisotopic (exact) mass is 287 g/mol. The van der Waals surface area contributed by atoms with Crippen LogP contribution in [0.2, 0.25) is 0 Å². The minimum Gasteiger partial charge on any atom is -0.367 e. The van der Waals surface area contributed by atoms with Crippen molar-refractivity contribution in [1.29, 1.82) is 0 Å². The van der Waals surface area contributed by atoms with Crippen LogP contribution < -0.4 is 9.80 Å². The number of likely N-dealkylation sites (N-methyl/N-ethyl adjacent to an activating group) is 2. The van der Waals surface area contributed by atoms with Crippen molar-refractivity contribution in [3.63, 3.8) is 0 Å². The number of Topliss-reactive ketones (excluding diaryl/α,β-unsaturated/α-hetero) is 1. The molecule has 2 aliphatic rings. The third-order valence-electron chi connectivity index (χ3n) is 4.46. The summed E-state index contributed by atoms with van der Waals surface area (Å²) in [5, 5.41) is 0. The van der Waals surface area contributed by atoms with Crippen molar-refractivity contribution in [3.05, 3.63) is 23.8 Å². The standard InChI is InChI=1S/C16H21N3O2/c1-11-10-17(2)7-4-8-19(11)12-5-6-13-14(9-12)18(3)16(21)15(13)20/h5-6,9,11H,4,7-8,10H2,1-3H3. The summed E-state index contributed by atoms with van der Waals surface area (Å²) in [5.74, 6) is -0.839. The minimum absolute atomic E-state index is 0.400. The Morgan fingerprint density at radius 2 is 1.90 bits per heavy atom. The number of anilines is 2. The average Bonchev–Trinajstić information content (AvgIpc) is 2.61. The van der Waals surface area contributed by atoms with Crippen LogP contribution in [0.5, 0.6) is 0 Å². The molecule has 5 heteroatoms. The zero-order valence-corrected chi connectivity index (χ0v) is 12.8. The molecule has 1 atom stereocenters. The van der Waals surface area contributed by atoms with E-state index in [2.05, 4.69) is 23.8 Å². The summed E-state index contributed by atoms with van der Waals surface area (Å²) in [5.41, 5.74) is 2.34. The first kappa shape index (κ1) is 14.1. The Balaban J connectivity index is 1.94. The van der Waals surface area contributed by atoms with Crippen LogP contribution in [-0.4, -0.2) is 56.4 Å². The van der Waals surface area contributed by atoms with E-state index in [0.29, 0.717) is 11.6 Å². The fraction of sp³-hybridized carbons (Fsp3) is 0.500. The van der Waals surface area contributed by atoms with Gasteiger partial charge in [-0.2, -0.15) is 0 Å². The quantitative estimate of drug-likeness (QED) is 0.732. The highest BCUT2D eigenvalue weighted by molar-refractivity contribution is 6.52. The molecule has 112 valence electrons. The number of amides is 1. The maximum atomic E-state index is 11.8. The highest BCUT2D eigenvalue weighted by Gasteiger charge is 2.34. The molecule has 0 radical (unpaired) electrons. The van der Waals surface area contributed by atoms with Crippen molar-refractivity contribution in [3.8, 4) is 0 Å². The van der Waals surface area contributed by atoms with Gasteiger partial charge in [-0.05, 0) is 45.1 Å². The first-order valence-electron chi connectivity index (χ1n) is 7.40. The van der Waals surface area contributed by atoms with Crippen LogP contribution in [0.25, 0.3) is 0 Å². The predicted octanol–water partition coefficient (Wildman–Crippen LogP) is 1.38. The predicted molar refractivity (Wildman–Crippen MR) is 83.1 cm³/mol. The largest absolute Gasteiger partial charge is 0.367 e. The summed E-state index contributed by atoms with van der Waals surface area (Å²) in [7, 11) is 3.81. The lowest BCUT2D eigenvalue weighted by molar-refractivity contribution is -0.114. The zero-order valence-electron chi connectivity index (χ0n) is 12.8. The summed E-state index contributed by atoms with van der Waals surface area (Å²) in [6, 6.07) is 6.13. The Morgan fingerprint density at radius 1 is 1.14 bits per heavy atom. The molecular formula is C16H21N3O2. The summed E-state index contributed by atoms with van der Waals surface area (Å²) < 4.78 is 0. The van der Waals surface area contributed by atoms with Gasteiger partial charge in [-0.25, -0.2) is 0 Å². The van der Waals surface area contributed by atoms with E-state index in [1.54, 1.807) is 13.1 Å². The second kappa shape index (κ2) is 5.15.